The Hall–Kier alpha value is -1.36. The van der Waals surface area contributed by atoms with Gasteiger partial charge in [-0.3, -0.25) is 9.48 Å². The molecule has 2 unspecified atom stereocenters. The molecular formula is C16H28N4O. The number of nitrogens with zero attached hydrogens (tertiary/aromatic N) is 3. The van der Waals surface area contributed by atoms with Gasteiger partial charge in [0.15, 0.2) is 0 Å². The van der Waals surface area contributed by atoms with Gasteiger partial charge in [-0.15, -0.1) is 0 Å². The highest BCUT2D eigenvalue weighted by atomic mass is 16.2. The summed E-state index contributed by atoms with van der Waals surface area (Å²) in [6.07, 6.45) is 4.14. The van der Waals surface area contributed by atoms with Crippen LogP contribution < -0.4 is 5.73 Å². The molecule has 1 aromatic rings. The van der Waals surface area contributed by atoms with Crippen molar-refractivity contribution in [2.75, 3.05) is 13.1 Å². The van der Waals surface area contributed by atoms with Gasteiger partial charge in [0, 0.05) is 25.7 Å². The molecule has 2 rings (SSSR count). The number of likely N-dealkylation sites (tertiary alicyclic amines) is 1. The predicted octanol–water partition coefficient (Wildman–Crippen LogP) is 2.05. The third-order valence-electron chi connectivity index (χ3n) is 4.65. The molecule has 1 amide bonds. The molecular weight excluding hydrogens is 264 g/mol. The lowest BCUT2D eigenvalue weighted by Crippen LogP contribution is -2.50. The summed E-state index contributed by atoms with van der Waals surface area (Å²) < 4.78 is 1.82. The molecule has 0 spiro atoms. The smallest absolute Gasteiger partial charge is 0.272 e. The van der Waals surface area contributed by atoms with Gasteiger partial charge in [-0.25, -0.2) is 0 Å². The number of aromatic nitrogens is 2. The first-order chi connectivity index (χ1) is 10.1. The number of hydrogen-bond acceptors (Lipinski definition) is 3. The molecule has 1 aliphatic heterocycles. The Morgan fingerprint density at radius 3 is 2.76 bits per heavy atom. The maximum Gasteiger partial charge on any atom is 0.272 e. The molecule has 0 radical (unpaired) electrons. The average molecular weight is 292 g/mol. The molecule has 1 aliphatic rings. The van der Waals surface area contributed by atoms with Crippen LogP contribution in [-0.4, -0.2) is 39.7 Å². The fraction of sp³-hybridized carbons (Fsp3) is 0.750. The second kappa shape index (κ2) is 7.07. The molecule has 0 aliphatic carbocycles. The van der Waals surface area contributed by atoms with E-state index in [-0.39, 0.29) is 11.9 Å². The van der Waals surface area contributed by atoms with Crippen LogP contribution in [-0.2, 0) is 13.0 Å². The second-order valence-corrected chi connectivity index (χ2v) is 5.88. The largest absolute Gasteiger partial charge is 0.333 e. The molecule has 0 bridgehead atoms. The summed E-state index contributed by atoms with van der Waals surface area (Å²) in [6.45, 7) is 8.38. The van der Waals surface area contributed by atoms with Crippen molar-refractivity contribution in [3.05, 3.63) is 17.5 Å². The van der Waals surface area contributed by atoms with Gasteiger partial charge in [-0.05, 0) is 38.2 Å². The van der Waals surface area contributed by atoms with Crippen LogP contribution in [0.25, 0.3) is 0 Å². The summed E-state index contributed by atoms with van der Waals surface area (Å²) in [5.41, 5.74) is 7.60. The SMILES string of the molecule is CCc1cc(C(=O)N2CCC(CC)CC2CN)n(CC)n1. The van der Waals surface area contributed by atoms with E-state index in [0.717, 1.165) is 38.0 Å². The highest BCUT2D eigenvalue weighted by molar-refractivity contribution is 5.93. The molecule has 1 fully saturated rings. The van der Waals surface area contributed by atoms with Crippen LogP contribution >= 0.6 is 0 Å². The van der Waals surface area contributed by atoms with Gasteiger partial charge >= 0.3 is 0 Å². The number of hydrogen-bond donors (Lipinski definition) is 1. The standard InChI is InChI=1S/C16H28N4O/c1-4-12-7-8-19(14(9-12)11-17)16(21)15-10-13(5-2)18-20(15)6-3/h10,12,14H,4-9,11,17H2,1-3H3. The van der Waals surface area contributed by atoms with E-state index in [4.69, 9.17) is 5.73 Å². The van der Waals surface area contributed by atoms with E-state index in [9.17, 15) is 4.79 Å². The molecule has 0 saturated carbocycles. The first-order valence-corrected chi connectivity index (χ1v) is 8.22. The monoisotopic (exact) mass is 292 g/mol. The van der Waals surface area contributed by atoms with Crippen LogP contribution in [0, 0.1) is 5.92 Å². The van der Waals surface area contributed by atoms with Crippen LogP contribution in [0.15, 0.2) is 6.07 Å². The number of carbonyl (C=O) groups is 1. The fourth-order valence-corrected chi connectivity index (χ4v) is 3.20. The summed E-state index contributed by atoms with van der Waals surface area (Å²) >= 11 is 0. The van der Waals surface area contributed by atoms with E-state index in [1.165, 1.54) is 6.42 Å². The van der Waals surface area contributed by atoms with Crippen LogP contribution in [0.3, 0.4) is 0 Å². The third-order valence-corrected chi connectivity index (χ3v) is 4.65. The van der Waals surface area contributed by atoms with Crippen molar-refractivity contribution < 1.29 is 4.79 Å². The number of carbonyl (C=O) groups excluding carboxylic acids is 1. The van der Waals surface area contributed by atoms with Crippen molar-refractivity contribution in [1.29, 1.82) is 0 Å². The van der Waals surface area contributed by atoms with E-state index in [1.54, 1.807) is 0 Å². The van der Waals surface area contributed by atoms with Gasteiger partial charge < -0.3 is 10.6 Å². The Labute approximate surface area is 127 Å². The van der Waals surface area contributed by atoms with Crippen LogP contribution in [0.4, 0.5) is 0 Å². The van der Waals surface area contributed by atoms with E-state index in [1.807, 2.05) is 22.6 Å². The minimum absolute atomic E-state index is 0.0917. The minimum Gasteiger partial charge on any atom is -0.333 e. The van der Waals surface area contributed by atoms with E-state index >= 15 is 0 Å². The van der Waals surface area contributed by atoms with Crippen molar-refractivity contribution in [2.45, 2.75) is 59.0 Å². The minimum atomic E-state index is 0.0917. The van der Waals surface area contributed by atoms with Gasteiger partial charge in [-0.1, -0.05) is 20.3 Å². The molecule has 1 aromatic heterocycles. The first-order valence-electron chi connectivity index (χ1n) is 8.22. The summed E-state index contributed by atoms with van der Waals surface area (Å²) in [5.74, 6) is 0.791. The molecule has 2 N–H and O–H groups in total. The van der Waals surface area contributed by atoms with Gasteiger partial charge in [0.2, 0.25) is 0 Å². The summed E-state index contributed by atoms with van der Waals surface area (Å²) in [4.78, 5) is 14.8. The lowest BCUT2D eigenvalue weighted by Gasteiger charge is -2.38. The highest BCUT2D eigenvalue weighted by Crippen LogP contribution is 2.26. The van der Waals surface area contributed by atoms with Gasteiger partial charge in [0.05, 0.1) is 5.69 Å². The maximum absolute atomic E-state index is 12.9. The molecule has 118 valence electrons. The van der Waals surface area contributed by atoms with Crippen LogP contribution in [0.5, 0.6) is 0 Å². The first kappa shape index (κ1) is 16.0. The Morgan fingerprint density at radius 2 is 2.19 bits per heavy atom. The van der Waals surface area contributed by atoms with Crippen LogP contribution in [0.2, 0.25) is 0 Å². The van der Waals surface area contributed by atoms with Crippen molar-refractivity contribution in [3.63, 3.8) is 0 Å². The topological polar surface area (TPSA) is 64.2 Å². The van der Waals surface area contributed by atoms with E-state index in [0.29, 0.717) is 18.2 Å². The van der Waals surface area contributed by atoms with Crippen LogP contribution in [0.1, 0.15) is 56.2 Å². The summed E-state index contributed by atoms with van der Waals surface area (Å²) in [5, 5.41) is 4.48. The quantitative estimate of drug-likeness (QED) is 0.903. The molecule has 5 nitrogen and oxygen atoms in total. The normalized spacial score (nSPS) is 22.6. The van der Waals surface area contributed by atoms with Crippen molar-refractivity contribution >= 4 is 5.91 Å². The van der Waals surface area contributed by atoms with Gasteiger partial charge in [-0.2, -0.15) is 5.10 Å². The molecule has 21 heavy (non-hydrogen) atoms. The number of rotatable bonds is 5. The number of piperidine rings is 1. The second-order valence-electron chi connectivity index (χ2n) is 5.88. The Balaban J connectivity index is 2.20. The molecule has 1 saturated heterocycles. The van der Waals surface area contributed by atoms with E-state index < -0.39 is 0 Å². The maximum atomic E-state index is 12.9. The number of nitrogens with two attached hydrogens (primary N) is 1. The molecule has 2 atom stereocenters. The zero-order valence-electron chi connectivity index (χ0n) is 13.5. The van der Waals surface area contributed by atoms with Gasteiger partial charge in [0.1, 0.15) is 5.69 Å². The van der Waals surface area contributed by atoms with E-state index in [2.05, 4.69) is 18.9 Å². The van der Waals surface area contributed by atoms with Crippen molar-refractivity contribution in [3.8, 4) is 0 Å². The molecule has 2 heterocycles. The van der Waals surface area contributed by atoms with Gasteiger partial charge in [0.25, 0.3) is 5.91 Å². The molecule has 5 heteroatoms. The Kier molecular flexibility index (Phi) is 5.39. The van der Waals surface area contributed by atoms with Crippen molar-refractivity contribution in [1.82, 2.24) is 14.7 Å². The lowest BCUT2D eigenvalue weighted by atomic mass is 9.88. The lowest BCUT2D eigenvalue weighted by molar-refractivity contribution is 0.0546. The summed E-state index contributed by atoms with van der Waals surface area (Å²) in [7, 11) is 0. The zero-order chi connectivity index (χ0) is 15.4. The highest BCUT2D eigenvalue weighted by Gasteiger charge is 2.32. The zero-order valence-corrected chi connectivity index (χ0v) is 13.5. The number of amides is 1. The summed E-state index contributed by atoms with van der Waals surface area (Å²) in [6, 6.07) is 2.10. The fourth-order valence-electron chi connectivity index (χ4n) is 3.20. The Bertz CT molecular complexity index is 483. The molecule has 0 aromatic carbocycles. The Morgan fingerprint density at radius 1 is 1.43 bits per heavy atom. The average Bonchev–Trinajstić information content (AvgIpc) is 2.96. The third kappa shape index (κ3) is 3.28. The van der Waals surface area contributed by atoms with Crippen molar-refractivity contribution in [2.24, 2.45) is 11.7 Å². The predicted molar refractivity (Wildman–Crippen MR) is 84.2 cm³/mol. The number of aryl methyl sites for hydroxylation is 2.